The van der Waals surface area contributed by atoms with Crippen LogP contribution in [0.5, 0.6) is 0 Å². The number of carbonyl (C=O) groups excluding carboxylic acids is 1. The second kappa shape index (κ2) is 6.89. The topological polar surface area (TPSA) is 82.2 Å². The smallest absolute Gasteiger partial charge is 0.276 e. The lowest BCUT2D eigenvalue weighted by atomic mass is 10.0. The van der Waals surface area contributed by atoms with Gasteiger partial charge in [-0.1, -0.05) is 5.16 Å². The number of nitrogens with one attached hydrogen (secondary N) is 1. The van der Waals surface area contributed by atoms with Crippen molar-refractivity contribution < 1.29 is 13.7 Å². The molecule has 1 aliphatic carbocycles. The van der Waals surface area contributed by atoms with Crippen LogP contribution in [-0.4, -0.2) is 41.1 Å². The number of halogens is 1. The quantitative estimate of drug-likeness (QED) is 0.913. The summed E-state index contributed by atoms with van der Waals surface area (Å²) < 4.78 is 19.4. The molecule has 4 rings (SSSR count). The zero-order valence-electron chi connectivity index (χ0n) is 14.2. The summed E-state index contributed by atoms with van der Waals surface area (Å²) in [7, 11) is 0. The van der Waals surface area contributed by atoms with Gasteiger partial charge in [0.15, 0.2) is 11.5 Å². The van der Waals surface area contributed by atoms with Crippen molar-refractivity contribution in [3.05, 3.63) is 41.3 Å². The van der Waals surface area contributed by atoms with Gasteiger partial charge in [0.1, 0.15) is 5.82 Å². The summed E-state index contributed by atoms with van der Waals surface area (Å²) in [6, 6.07) is 7.98. The summed E-state index contributed by atoms with van der Waals surface area (Å²) in [6.45, 7) is 1.81. The van der Waals surface area contributed by atoms with Crippen LogP contribution in [0.15, 0.2) is 28.8 Å². The molecule has 2 fully saturated rings. The maximum atomic E-state index is 14.2. The molecule has 0 atom stereocenters. The lowest BCUT2D eigenvalue weighted by Gasteiger charge is -2.34. The van der Waals surface area contributed by atoms with Crippen molar-refractivity contribution in [2.45, 2.75) is 37.8 Å². The minimum Gasteiger partial charge on any atom is -0.355 e. The number of aromatic nitrogens is 1. The van der Waals surface area contributed by atoms with E-state index in [0.29, 0.717) is 0 Å². The summed E-state index contributed by atoms with van der Waals surface area (Å²) in [4.78, 5) is 14.9. The fourth-order valence-electron chi connectivity index (χ4n) is 3.49. The van der Waals surface area contributed by atoms with Gasteiger partial charge in [-0.3, -0.25) is 4.79 Å². The molecule has 2 aliphatic rings. The van der Waals surface area contributed by atoms with Crippen LogP contribution in [0.25, 0.3) is 11.3 Å². The van der Waals surface area contributed by atoms with Crippen molar-refractivity contribution >= 4 is 5.91 Å². The third kappa shape index (κ3) is 3.20. The average Bonchev–Trinajstić information content (AvgIpc) is 3.37. The van der Waals surface area contributed by atoms with Crippen LogP contribution in [0, 0.1) is 17.1 Å². The molecular weight excluding hydrogens is 335 g/mol. The van der Waals surface area contributed by atoms with Crippen LogP contribution in [0.3, 0.4) is 0 Å². The zero-order valence-corrected chi connectivity index (χ0v) is 14.2. The van der Waals surface area contributed by atoms with Crippen LogP contribution in [0.2, 0.25) is 0 Å². The third-order valence-electron chi connectivity index (χ3n) is 4.97. The monoisotopic (exact) mass is 354 g/mol. The Morgan fingerprint density at radius 1 is 1.23 bits per heavy atom. The highest BCUT2D eigenvalue weighted by atomic mass is 19.1. The van der Waals surface area contributed by atoms with E-state index in [0.717, 1.165) is 44.8 Å². The molecule has 0 spiro atoms. The highest BCUT2D eigenvalue weighted by Crippen LogP contribution is 2.33. The Bertz CT molecular complexity index is 863. The highest BCUT2D eigenvalue weighted by Gasteiger charge is 2.39. The first kappa shape index (κ1) is 16.7. The molecule has 2 aromatic rings. The number of nitriles is 1. The summed E-state index contributed by atoms with van der Waals surface area (Å²) in [5, 5.41) is 16.0. The Morgan fingerprint density at radius 2 is 1.96 bits per heavy atom. The van der Waals surface area contributed by atoms with Gasteiger partial charge in [0, 0.05) is 18.2 Å². The molecule has 1 aliphatic heterocycles. The second-order valence-electron chi connectivity index (χ2n) is 6.81. The molecule has 1 saturated heterocycles. The minimum absolute atomic E-state index is 0.150. The Hall–Kier alpha value is -2.72. The van der Waals surface area contributed by atoms with Gasteiger partial charge in [-0.05, 0) is 57.0 Å². The molecule has 2 heterocycles. The largest absolute Gasteiger partial charge is 0.355 e. The normalized spacial score (nSPS) is 17.7. The molecule has 0 unspecified atom stereocenters. The lowest BCUT2D eigenvalue weighted by Crippen LogP contribution is -2.47. The Kier molecular flexibility index (Phi) is 4.43. The molecule has 134 valence electrons. The highest BCUT2D eigenvalue weighted by molar-refractivity contribution is 5.93. The molecule has 1 saturated carbocycles. The van der Waals surface area contributed by atoms with E-state index in [4.69, 9.17) is 9.78 Å². The number of rotatable bonds is 4. The van der Waals surface area contributed by atoms with Gasteiger partial charge in [0.05, 0.1) is 17.2 Å². The van der Waals surface area contributed by atoms with E-state index in [1.807, 2.05) is 11.0 Å². The summed E-state index contributed by atoms with van der Waals surface area (Å²) in [6.07, 6.45) is 3.89. The SMILES string of the molecule is N#Cc1ccc(-c2cc(C(=O)N(C3CCNCC3)C3CC3)no2)c(F)c1. The van der Waals surface area contributed by atoms with Crippen LogP contribution in [0.1, 0.15) is 41.7 Å². The fraction of sp³-hybridized carbons (Fsp3) is 0.421. The van der Waals surface area contributed by atoms with Gasteiger partial charge in [-0.25, -0.2) is 4.39 Å². The molecule has 26 heavy (non-hydrogen) atoms. The van der Waals surface area contributed by atoms with E-state index >= 15 is 0 Å². The zero-order chi connectivity index (χ0) is 18.1. The van der Waals surface area contributed by atoms with Gasteiger partial charge < -0.3 is 14.7 Å². The van der Waals surface area contributed by atoms with E-state index in [-0.39, 0.29) is 40.6 Å². The molecule has 0 radical (unpaired) electrons. The molecule has 6 nitrogen and oxygen atoms in total. The van der Waals surface area contributed by atoms with Crippen molar-refractivity contribution in [3.63, 3.8) is 0 Å². The van der Waals surface area contributed by atoms with E-state index in [1.165, 1.54) is 18.2 Å². The molecular formula is C19H19FN4O2. The molecule has 7 heteroatoms. The van der Waals surface area contributed by atoms with E-state index in [2.05, 4.69) is 10.5 Å². The number of carbonyl (C=O) groups is 1. The number of hydrogen-bond acceptors (Lipinski definition) is 5. The number of hydrogen-bond donors (Lipinski definition) is 1. The molecule has 1 aromatic carbocycles. The van der Waals surface area contributed by atoms with Crippen LogP contribution < -0.4 is 5.32 Å². The summed E-state index contributed by atoms with van der Waals surface area (Å²) in [5.41, 5.74) is 0.623. The van der Waals surface area contributed by atoms with Crippen molar-refractivity contribution in [1.29, 1.82) is 5.26 Å². The van der Waals surface area contributed by atoms with Crippen molar-refractivity contribution in [1.82, 2.24) is 15.4 Å². The van der Waals surface area contributed by atoms with E-state index < -0.39 is 5.82 Å². The fourth-order valence-corrected chi connectivity index (χ4v) is 3.49. The van der Waals surface area contributed by atoms with Gasteiger partial charge in [-0.2, -0.15) is 5.26 Å². The first-order chi connectivity index (χ1) is 12.7. The number of nitrogens with zero attached hydrogens (tertiary/aromatic N) is 3. The Labute approximate surface area is 150 Å². The average molecular weight is 354 g/mol. The van der Waals surface area contributed by atoms with Crippen molar-refractivity contribution in [2.24, 2.45) is 0 Å². The number of amides is 1. The van der Waals surface area contributed by atoms with Gasteiger partial charge >= 0.3 is 0 Å². The van der Waals surface area contributed by atoms with Crippen molar-refractivity contribution in [2.75, 3.05) is 13.1 Å². The van der Waals surface area contributed by atoms with Gasteiger partial charge in [-0.15, -0.1) is 0 Å². The van der Waals surface area contributed by atoms with Crippen molar-refractivity contribution in [3.8, 4) is 17.4 Å². The van der Waals surface area contributed by atoms with Gasteiger partial charge in [0.2, 0.25) is 0 Å². The maximum Gasteiger partial charge on any atom is 0.276 e. The molecule has 0 bridgehead atoms. The first-order valence-corrected chi connectivity index (χ1v) is 8.87. The minimum atomic E-state index is -0.573. The Balaban J connectivity index is 1.58. The summed E-state index contributed by atoms with van der Waals surface area (Å²) in [5.74, 6) is -0.531. The Morgan fingerprint density at radius 3 is 2.62 bits per heavy atom. The van der Waals surface area contributed by atoms with Gasteiger partial charge in [0.25, 0.3) is 5.91 Å². The van der Waals surface area contributed by atoms with E-state index in [1.54, 1.807) is 0 Å². The third-order valence-corrected chi connectivity index (χ3v) is 4.97. The number of piperidine rings is 1. The lowest BCUT2D eigenvalue weighted by molar-refractivity contribution is 0.0612. The van der Waals surface area contributed by atoms with E-state index in [9.17, 15) is 9.18 Å². The molecule has 1 amide bonds. The molecule has 1 aromatic heterocycles. The first-order valence-electron chi connectivity index (χ1n) is 8.87. The number of benzene rings is 1. The van der Waals surface area contributed by atoms with Crippen LogP contribution >= 0.6 is 0 Å². The predicted molar refractivity (Wildman–Crippen MR) is 91.7 cm³/mol. The standard InChI is InChI=1S/C19H19FN4O2/c20-16-9-12(11-21)1-4-15(16)18-10-17(23-26-18)19(25)24(13-2-3-13)14-5-7-22-8-6-14/h1,4,9-10,13-14,22H,2-3,5-8H2. The molecule has 1 N–H and O–H groups in total. The van der Waals surface area contributed by atoms with Crippen LogP contribution in [0.4, 0.5) is 4.39 Å². The summed E-state index contributed by atoms with van der Waals surface area (Å²) >= 11 is 0. The predicted octanol–water partition coefficient (Wildman–Crippen LogP) is 2.71. The second-order valence-corrected chi connectivity index (χ2v) is 6.81. The van der Waals surface area contributed by atoms with Crippen LogP contribution in [-0.2, 0) is 0 Å². The maximum absolute atomic E-state index is 14.2.